The number of anilines is 1. The molecule has 0 aliphatic heterocycles. The van der Waals surface area contributed by atoms with Crippen molar-refractivity contribution in [1.29, 1.82) is 0 Å². The second-order valence-electron chi connectivity index (χ2n) is 6.10. The van der Waals surface area contributed by atoms with Crippen molar-refractivity contribution < 1.29 is 8.78 Å². The highest BCUT2D eigenvalue weighted by molar-refractivity contribution is 5.45. The Balaban J connectivity index is 1.97. The van der Waals surface area contributed by atoms with E-state index in [4.69, 9.17) is 0 Å². The molecule has 1 aromatic carbocycles. The lowest BCUT2D eigenvalue weighted by Gasteiger charge is -2.31. The Morgan fingerprint density at radius 3 is 2.79 bits per heavy atom. The summed E-state index contributed by atoms with van der Waals surface area (Å²) in [6.07, 6.45) is 5.77. The summed E-state index contributed by atoms with van der Waals surface area (Å²) in [4.78, 5) is 0. The molecule has 19 heavy (non-hydrogen) atoms. The van der Waals surface area contributed by atoms with Crippen LogP contribution in [-0.2, 0) is 0 Å². The predicted octanol–water partition coefficient (Wildman–Crippen LogP) is 4.98. The molecule has 0 heterocycles. The second kappa shape index (κ2) is 6.36. The van der Waals surface area contributed by atoms with Gasteiger partial charge in [-0.15, -0.1) is 0 Å². The maximum Gasteiger partial charge on any atom is 0.181 e. The van der Waals surface area contributed by atoms with Gasteiger partial charge in [0.15, 0.2) is 11.6 Å². The molecule has 2 rings (SSSR count). The number of halogens is 2. The Hall–Kier alpha value is -1.12. The zero-order valence-electron chi connectivity index (χ0n) is 11.8. The van der Waals surface area contributed by atoms with Crippen LogP contribution in [0.4, 0.5) is 14.5 Å². The van der Waals surface area contributed by atoms with Gasteiger partial charge in [-0.2, -0.15) is 0 Å². The van der Waals surface area contributed by atoms with E-state index in [9.17, 15) is 8.78 Å². The van der Waals surface area contributed by atoms with Crippen LogP contribution in [0.3, 0.4) is 0 Å². The van der Waals surface area contributed by atoms with Crippen molar-refractivity contribution in [3.63, 3.8) is 0 Å². The van der Waals surface area contributed by atoms with Crippen LogP contribution in [0.5, 0.6) is 0 Å². The molecule has 0 spiro atoms. The first-order valence-electron chi connectivity index (χ1n) is 7.26. The smallest absolute Gasteiger partial charge is 0.181 e. The van der Waals surface area contributed by atoms with Crippen LogP contribution in [0.15, 0.2) is 18.2 Å². The lowest BCUT2D eigenvalue weighted by molar-refractivity contribution is 0.288. The zero-order valence-corrected chi connectivity index (χ0v) is 11.8. The van der Waals surface area contributed by atoms with Gasteiger partial charge in [0, 0.05) is 6.04 Å². The largest absolute Gasteiger partial charge is 0.380 e. The molecule has 0 saturated heterocycles. The van der Waals surface area contributed by atoms with E-state index < -0.39 is 11.6 Å². The van der Waals surface area contributed by atoms with Crippen molar-refractivity contribution in [3.8, 4) is 0 Å². The van der Waals surface area contributed by atoms with Crippen LogP contribution < -0.4 is 5.32 Å². The van der Waals surface area contributed by atoms with E-state index in [2.05, 4.69) is 19.2 Å². The van der Waals surface area contributed by atoms with Gasteiger partial charge in [0.1, 0.15) is 0 Å². The summed E-state index contributed by atoms with van der Waals surface area (Å²) in [5, 5.41) is 3.18. The molecule has 1 fully saturated rings. The third-order valence-electron chi connectivity index (χ3n) is 3.90. The summed E-state index contributed by atoms with van der Waals surface area (Å²) < 4.78 is 26.8. The molecule has 106 valence electrons. The van der Waals surface area contributed by atoms with Crippen LogP contribution >= 0.6 is 0 Å². The van der Waals surface area contributed by atoms with Crippen LogP contribution in [0, 0.1) is 23.5 Å². The lowest BCUT2D eigenvalue weighted by atomic mass is 9.81. The van der Waals surface area contributed by atoms with Gasteiger partial charge in [-0.1, -0.05) is 32.8 Å². The highest BCUT2D eigenvalue weighted by Crippen LogP contribution is 2.31. The van der Waals surface area contributed by atoms with Crippen molar-refractivity contribution in [2.45, 2.75) is 52.0 Å². The van der Waals surface area contributed by atoms with Crippen molar-refractivity contribution in [3.05, 3.63) is 29.8 Å². The first-order chi connectivity index (χ1) is 9.06. The minimum atomic E-state index is -0.778. The second-order valence-corrected chi connectivity index (χ2v) is 6.10. The van der Waals surface area contributed by atoms with E-state index in [0.29, 0.717) is 17.5 Å². The van der Waals surface area contributed by atoms with Crippen LogP contribution in [-0.4, -0.2) is 6.04 Å². The molecule has 1 saturated carbocycles. The van der Waals surface area contributed by atoms with Gasteiger partial charge < -0.3 is 5.32 Å². The summed E-state index contributed by atoms with van der Waals surface area (Å²) in [7, 11) is 0. The van der Waals surface area contributed by atoms with Crippen LogP contribution in [0.1, 0.15) is 46.0 Å². The molecule has 1 aliphatic carbocycles. The van der Waals surface area contributed by atoms with Crippen molar-refractivity contribution >= 4 is 5.69 Å². The topological polar surface area (TPSA) is 12.0 Å². The highest BCUT2D eigenvalue weighted by atomic mass is 19.2. The summed E-state index contributed by atoms with van der Waals surface area (Å²) in [5.41, 5.74) is 0.301. The highest BCUT2D eigenvalue weighted by Gasteiger charge is 2.23. The summed E-state index contributed by atoms with van der Waals surface area (Å²) in [6.45, 7) is 4.48. The fraction of sp³-hybridized carbons (Fsp3) is 0.625. The lowest BCUT2D eigenvalue weighted by Crippen LogP contribution is -2.28. The maximum absolute atomic E-state index is 13.6. The maximum atomic E-state index is 13.6. The van der Waals surface area contributed by atoms with E-state index in [1.165, 1.54) is 19.3 Å². The molecule has 0 aromatic heterocycles. The van der Waals surface area contributed by atoms with E-state index >= 15 is 0 Å². The first-order valence-corrected chi connectivity index (χ1v) is 7.26. The van der Waals surface area contributed by atoms with Gasteiger partial charge in [-0.05, 0) is 43.2 Å². The quantitative estimate of drug-likeness (QED) is 0.811. The minimum absolute atomic E-state index is 0.272. The van der Waals surface area contributed by atoms with Gasteiger partial charge >= 0.3 is 0 Å². The van der Waals surface area contributed by atoms with Gasteiger partial charge in [-0.25, -0.2) is 8.78 Å². The fourth-order valence-electron chi connectivity index (χ4n) is 3.14. The Labute approximate surface area is 114 Å². The molecule has 0 radical (unpaired) electrons. The molecule has 1 N–H and O–H groups in total. The summed E-state index contributed by atoms with van der Waals surface area (Å²) >= 11 is 0. The summed E-state index contributed by atoms with van der Waals surface area (Å²) in [6, 6.07) is 4.59. The molecular formula is C16H23F2N. The SMILES string of the molecule is CC(C)CC1CCCC(Nc2cccc(F)c2F)C1. The van der Waals surface area contributed by atoms with Crippen molar-refractivity contribution in [1.82, 2.24) is 0 Å². The van der Waals surface area contributed by atoms with Crippen molar-refractivity contribution in [2.24, 2.45) is 11.8 Å². The number of benzene rings is 1. The molecule has 1 nitrogen and oxygen atoms in total. The average Bonchev–Trinajstić information content (AvgIpc) is 2.35. The van der Waals surface area contributed by atoms with Gasteiger partial charge in [0.25, 0.3) is 0 Å². The molecular weight excluding hydrogens is 244 g/mol. The Bertz CT molecular complexity index is 417. The first kappa shape index (κ1) is 14.3. The molecule has 0 bridgehead atoms. The van der Waals surface area contributed by atoms with E-state index in [0.717, 1.165) is 18.9 Å². The molecule has 0 amide bonds. The van der Waals surface area contributed by atoms with E-state index in [-0.39, 0.29) is 6.04 Å². The molecule has 1 aliphatic rings. The minimum Gasteiger partial charge on any atom is -0.380 e. The van der Waals surface area contributed by atoms with Gasteiger partial charge in [-0.3, -0.25) is 0 Å². The van der Waals surface area contributed by atoms with Crippen molar-refractivity contribution in [2.75, 3.05) is 5.32 Å². The third-order valence-corrected chi connectivity index (χ3v) is 3.90. The average molecular weight is 267 g/mol. The van der Waals surface area contributed by atoms with Gasteiger partial charge in [0.2, 0.25) is 0 Å². The number of nitrogens with one attached hydrogen (secondary N) is 1. The van der Waals surface area contributed by atoms with Crippen LogP contribution in [0.25, 0.3) is 0 Å². The number of hydrogen-bond donors (Lipinski definition) is 1. The Morgan fingerprint density at radius 1 is 1.26 bits per heavy atom. The molecule has 1 aromatic rings. The van der Waals surface area contributed by atoms with E-state index in [1.807, 2.05) is 0 Å². The number of rotatable bonds is 4. The predicted molar refractivity (Wildman–Crippen MR) is 75.2 cm³/mol. The normalized spacial score (nSPS) is 23.6. The number of hydrogen-bond acceptors (Lipinski definition) is 1. The van der Waals surface area contributed by atoms with E-state index in [1.54, 1.807) is 12.1 Å². The Morgan fingerprint density at radius 2 is 2.05 bits per heavy atom. The molecule has 2 atom stereocenters. The fourth-order valence-corrected chi connectivity index (χ4v) is 3.14. The standard InChI is InChI=1S/C16H23F2N/c1-11(2)9-12-5-3-6-13(10-12)19-15-8-4-7-14(17)16(15)18/h4,7-8,11-13,19H,3,5-6,9-10H2,1-2H3. The third kappa shape index (κ3) is 3.92. The zero-order chi connectivity index (χ0) is 13.8. The molecule has 3 heteroatoms. The van der Waals surface area contributed by atoms with Gasteiger partial charge in [0.05, 0.1) is 5.69 Å². The monoisotopic (exact) mass is 267 g/mol. The molecule has 2 unspecified atom stereocenters. The van der Waals surface area contributed by atoms with Crippen LogP contribution in [0.2, 0.25) is 0 Å². The Kier molecular flexibility index (Phi) is 4.78. The summed E-state index contributed by atoms with van der Waals surface area (Å²) in [5.74, 6) is -0.120.